The SMILES string of the molecule is O=C(O)c1ccnc(Oc2cc(Br)cc(F)c2F)c1Cl. The van der Waals surface area contributed by atoms with Crippen molar-refractivity contribution < 1.29 is 23.4 Å². The minimum absolute atomic E-state index is 0.247. The maximum absolute atomic E-state index is 13.6. The fourth-order valence-electron chi connectivity index (χ4n) is 1.37. The molecule has 0 fully saturated rings. The summed E-state index contributed by atoms with van der Waals surface area (Å²) in [5, 5.41) is 8.58. The Morgan fingerprint density at radius 2 is 2.10 bits per heavy atom. The quantitative estimate of drug-likeness (QED) is 0.827. The Balaban J connectivity index is 2.46. The molecule has 1 aromatic carbocycles. The molecule has 1 heterocycles. The van der Waals surface area contributed by atoms with Crippen molar-refractivity contribution in [2.45, 2.75) is 0 Å². The molecule has 1 aromatic heterocycles. The highest BCUT2D eigenvalue weighted by Crippen LogP contribution is 2.33. The molecule has 0 aliphatic rings. The van der Waals surface area contributed by atoms with Crippen LogP contribution in [0.2, 0.25) is 5.02 Å². The first-order valence-corrected chi connectivity index (χ1v) is 6.27. The Morgan fingerprint density at radius 3 is 2.75 bits per heavy atom. The van der Waals surface area contributed by atoms with Gasteiger partial charge in [0.25, 0.3) is 0 Å². The van der Waals surface area contributed by atoms with E-state index in [1.165, 1.54) is 6.07 Å². The van der Waals surface area contributed by atoms with E-state index in [2.05, 4.69) is 20.9 Å². The van der Waals surface area contributed by atoms with E-state index in [4.69, 9.17) is 21.4 Å². The van der Waals surface area contributed by atoms with Gasteiger partial charge in [-0.05, 0) is 18.2 Å². The van der Waals surface area contributed by atoms with Gasteiger partial charge in [0.15, 0.2) is 11.6 Å². The number of carbonyl (C=O) groups is 1. The molecule has 1 N–H and O–H groups in total. The van der Waals surface area contributed by atoms with Gasteiger partial charge in [-0.15, -0.1) is 0 Å². The van der Waals surface area contributed by atoms with E-state index in [1.807, 2.05) is 0 Å². The van der Waals surface area contributed by atoms with Crippen LogP contribution in [0.4, 0.5) is 8.78 Å². The summed E-state index contributed by atoms with van der Waals surface area (Å²) < 4.78 is 32.1. The van der Waals surface area contributed by atoms with Crippen LogP contribution in [0.15, 0.2) is 28.9 Å². The monoisotopic (exact) mass is 363 g/mol. The van der Waals surface area contributed by atoms with Gasteiger partial charge in [-0.3, -0.25) is 0 Å². The van der Waals surface area contributed by atoms with Crippen LogP contribution in [0.25, 0.3) is 0 Å². The fraction of sp³-hybridized carbons (Fsp3) is 0. The molecule has 4 nitrogen and oxygen atoms in total. The summed E-state index contributed by atoms with van der Waals surface area (Å²) in [5.41, 5.74) is -0.257. The van der Waals surface area contributed by atoms with Gasteiger partial charge in [0.1, 0.15) is 5.02 Å². The fourth-order valence-corrected chi connectivity index (χ4v) is 2.01. The number of benzene rings is 1. The molecular weight excluding hydrogens is 359 g/mol. The van der Waals surface area contributed by atoms with E-state index in [9.17, 15) is 13.6 Å². The number of ether oxygens (including phenoxy) is 1. The Kier molecular flexibility index (Phi) is 4.20. The van der Waals surface area contributed by atoms with Crippen molar-refractivity contribution >= 4 is 33.5 Å². The third kappa shape index (κ3) is 2.88. The lowest BCUT2D eigenvalue weighted by Gasteiger charge is -2.09. The van der Waals surface area contributed by atoms with Crippen LogP contribution in [0.1, 0.15) is 10.4 Å². The smallest absolute Gasteiger partial charge is 0.337 e. The standard InChI is InChI=1S/C12H5BrClF2NO3/c13-5-3-7(15)10(16)8(4-5)20-11-9(14)6(12(18)19)1-2-17-11/h1-4H,(H,18,19). The average molecular weight is 365 g/mol. The molecule has 0 saturated heterocycles. The molecule has 20 heavy (non-hydrogen) atoms. The normalized spacial score (nSPS) is 10.4. The third-order valence-corrected chi connectivity index (χ3v) is 3.08. The molecular formula is C12H5BrClF2NO3. The number of rotatable bonds is 3. The Labute approximate surface area is 125 Å². The minimum Gasteiger partial charge on any atom is -0.478 e. The summed E-state index contributed by atoms with van der Waals surface area (Å²) in [6.07, 6.45) is 1.14. The summed E-state index contributed by atoms with van der Waals surface area (Å²) in [4.78, 5) is 14.6. The zero-order valence-corrected chi connectivity index (χ0v) is 11.9. The van der Waals surface area contributed by atoms with E-state index in [0.29, 0.717) is 0 Å². The maximum Gasteiger partial charge on any atom is 0.337 e. The number of hydrogen-bond donors (Lipinski definition) is 1. The van der Waals surface area contributed by atoms with Crippen LogP contribution in [-0.4, -0.2) is 16.1 Å². The zero-order chi connectivity index (χ0) is 14.9. The molecule has 0 unspecified atom stereocenters. The second-order valence-electron chi connectivity index (χ2n) is 3.58. The molecule has 2 aromatic rings. The van der Waals surface area contributed by atoms with Crippen molar-refractivity contribution in [1.29, 1.82) is 0 Å². The molecule has 0 saturated carbocycles. The topological polar surface area (TPSA) is 59.4 Å². The van der Waals surface area contributed by atoms with Gasteiger partial charge < -0.3 is 9.84 Å². The molecule has 2 rings (SSSR count). The highest BCUT2D eigenvalue weighted by atomic mass is 79.9. The second-order valence-corrected chi connectivity index (χ2v) is 4.88. The van der Waals surface area contributed by atoms with Gasteiger partial charge in [-0.25, -0.2) is 14.2 Å². The van der Waals surface area contributed by atoms with Crippen LogP contribution in [0.5, 0.6) is 11.6 Å². The molecule has 0 aliphatic carbocycles. The summed E-state index contributed by atoms with van der Waals surface area (Å²) in [6.45, 7) is 0. The number of carboxylic acids is 1. The van der Waals surface area contributed by atoms with Crippen LogP contribution in [0, 0.1) is 11.6 Å². The second kappa shape index (κ2) is 5.72. The minimum atomic E-state index is -1.29. The lowest BCUT2D eigenvalue weighted by molar-refractivity contribution is 0.0696. The van der Waals surface area contributed by atoms with Gasteiger partial charge in [0.2, 0.25) is 11.7 Å². The van der Waals surface area contributed by atoms with Gasteiger partial charge >= 0.3 is 5.97 Å². The van der Waals surface area contributed by atoms with Gasteiger partial charge in [0, 0.05) is 10.7 Å². The van der Waals surface area contributed by atoms with E-state index in [1.54, 1.807) is 0 Å². The highest BCUT2D eigenvalue weighted by molar-refractivity contribution is 9.10. The number of pyridine rings is 1. The van der Waals surface area contributed by atoms with Crippen LogP contribution in [0.3, 0.4) is 0 Å². The number of halogens is 4. The lowest BCUT2D eigenvalue weighted by Crippen LogP contribution is -2.01. The van der Waals surface area contributed by atoms with Crippen molar-refractivity contribution in [2.75, 3.05) is 0 Å². The van der Waals surface area contributed by atoms with Crippen LogP contribution < -0.4 is 4.74 Å². The summed E-state index contributed by atoms with van der Waals surface area (Å²) >= 11 is 8.77. The van der Waals surface area contributed by atoms with Crippen molar-refractivity contribution in [3.8, 4) is 11.6 Å². The Bertz CT molecular complexity index is 697. The summed E-state index contributed by atoms with van der Waals surface area (Å²) in [7, 11) is 0. The maximum atomic E-state index is 13.6. The molecule has 0 aliphatic heterocycles. The molecule has 0 amide bonds. The molecule has 0 spiro atoms. The van der Waals surface area contributed by atoms with Crippen molar-refractivity contribution in [3.63, 3.8) is 0 Å². The Morgan fingerprint density at radius 1 is 1.40 bits per heavy atom. The first-order valence-electron chi connectivity index (χ1n) is 5.10. The molecule has 8 heteroatoms. The van der Waals surface area contributed by atoms with E-state index >= 15 is 0 Å². The largest absolute Gasteiger partial charge is 0.478 e. The predicted molar refractivity (Wildman–Crippen MR) is 70.3 cm³/mol. The van der Waals surface area contributed by atoms with Crippen molar-refractivity contribution in [3.05, 3.63) is 51.1 Å². The highest BCUT2D eigenvalue weighted by Gasteiger charge is 2.18. The Hall–Kier alpha value is -1.73. The molecule has 0 radical (unpaired) electrons. The number of nitrogens with zero attached hydrogens (tertiary/aromatic N) is 1. The molecule has 0 atom stereocenters. The van der Waals surface area contributed by atoms with E-state index in [0.717, 1.165) is 18.3 Å². The van der Waals surface area contributed by atoms with E-state index < -0.39 is 23.4 Å². The van der Waals surface area contributed by atoms with Crippen molar-refractivity contribution in [2.24, 2.45) is 0 Å². The molecule has 0 bridgehead atoms. The van der Waals surface area contributed by atoms with Gasteiger partial charge in [-0.1, -0.05) is 27.5 Å². The lowest BCUT2D eigenvalue weighted by atomic mass is 10.2. The van der Waals surface area contributed by atoms with Crippen LogP contribution >= 0.6 is 27.5 Å². The number of carboxylic acid groups (broad SMARTS) is 1. The number of hydrogen-bond acceptors (Lipinski definition) is 3. The number of aromatic carboxylic acids is 1. The van der Waals surface area contributed by atoms with Gasteiger partial charge in [0.05, 0.1) is 5.56 Å². The first kappa shape index (κ1) is 14.7. The van der Waals surface area contributed by atoms with Gasteiger partial charge in [-0.2, -0.15) is 4.39 Å². The van der Waals surface area contributed by atoms with E-state index in [-0.39, 0.29) is 20.9 Å². The summed E-state index contributed by atoms with van der Waals surface area (Å²) in [5.74, 6) is -4.44. The average Bonchev–Trinajstić information content (AvgIpc) is 2.37. The number of aromatic nitrogens is 1. The van der Waals surface area contributed by atoms with Crippen molar-refractivity contribution in [1.82, 2.24) is 4.98 Å². The first-order chi connectivity index (χ1) is 9.40. The van der Waals surface area contributed by atoms with Crippen LogP contribution in [-0.2, 0) is 0 Å². The summed E-state index contributed by atoms with van der Waals surface area (Å²) in [6, 6.07) is 3.25. The zero-order valence-electron chi connectivity index (χ0n) is 9.53. The third-order valence-electron chi connectivity index (χ3n) is 2.25. The molecule has 104 valence electrons. The predicted octanol–water partition coefficient (Wildman–Crippen LogP) is 4.27.